The van der Waals surface area contributed by atoms with E-state index < -0.39 is 0 Å². The molecule has 0 fully saturated rings. The van der Waals surface area contributed by atoms with Gasteiger partial charge in [-0.2, -0.15) is 0 Å². The summed E-state index contributed by atoms with van der Waals surface area (Å²) in [5, 5.41) is 2.00. The van der Waals surface area contributed by atoms with Gasteiger partial charge in [-0.05, 0) is 41.1 Å². The van der Waals surface area contributed by atoms with E-state index in [1.54, 1.807) is 41.5 Å². The third-order valence-electron chi connectivity index (χ3n) is 2.93. The van der Waals surface area contributed by atoms with Crippen LogP contribution in [0.4, 0.5) is 5.69 Å². The fraction of sp³-hybridized carbons (Fsp3) is 0.267. The van der Waals surface area contributed by atoms with Crippen LogP contribution >= 0.6 is 27.3 Å². The highest BCUT2D eigenvalue weighted by Gasteiger charge is 2.20. The van der Waals surface area contributed by atoms with E-state index in [4.69, 9.17) is 10.5 Å². The van der Waals surface area contributed by atoms with Gasteiger partial charge >= 0.3 is 0 Å². The number of amides is 1. The number of hydrogen-bond donors (Lipinski definition) is 1. The zero-order valence-electron chi connectivity index (χ0n) is 11.9. The van der Waals surface area contributed by atoms with Gasteiger partial charge in [-0.25, -0.2) is 0 Å². The van der Waals surface area contributed by atoms with Crippen molar-refractivity contribution in [2.45, 2.75) is 13.5 Å². The molecule has 112 valence electrons. The number of hydrogen-bond acceptors (Lipinski definition) is 4. The van der Waals surface area contributed by atoms with E-state index in [1.807, 2.05) is 18.4 Å². The molecule has 2 aromatic rings. The fourth-order valence-corrected chi connectivity index (χ4v) is 3.49. The first-order valence-electron chi connectivity index (χ1n) is 6.52. The number of carbonyl (C=O) groups excluding carboxylic acids is 1. The van der Waals surface area contributed by atoms with Crippen LogP contribution in [0.3, 0.4) is 0 Å². The van der Waals surface area contributed by atoms with Crippen molar-refractivity contribution in [3.8, 4) is 5.75 Å². The number of halogens is 1. The van der Waals surface area contributed by atoms with Gasteiger partial charge in [0, 0.05) is 27.5 Å². The predicted octanol–water partition coefficient (Wildman–Crippen LogP) is 3.76. The number of nitrogen functional groups attached to an aromatic ring is 1. The van der Waals surface area contributed by atoms with Crippen molar-refractivity contribution >= 4 is 38.9 Å². The van der Waals surface area contributed by atoms with Crippen molar-refractivity contribution < 1.29 is 9.53 Å². The molecule has 0 radical (unpaired) electrons. The second-order valence-corrected chi connectivity index (χ2v) is 6.46. The number of carbonyl (C=O) groups is 1. The molecule has 1 heterocycles. The summed E-state index contributed by atoms with van der Waals surface area (Å²) in [6.07, 6.45) is 0. The van der Waals surface area contributed by atoms with Crippen LogP contribution in [-0.2, 0) is 6.54 Å². The molecule has 0 saturated carbocycles. The third kappa shape index (κ3) is 3.77. The lowest BCUT2D eigenvalue weighted by Crippen LogP contribution is -2.27. The van der Waals surface area contributed by atoms with E-state index in [1.165, 1.54) is 0 Å². The van der Waals surface area contributed by atoms with Gasteiger partial charge in [0.25, 0.3) is 5.91 Å². The number of benzene rings is 1. The van der Waals surface area contributed by atoms with Crippen LogP contribution in [0.2, 0.25) is 0 Å². The van der Waals surface area contributed by atoms with E-state index in [9.17, 15) is 4.79 Å². The van der Waals surface area contributed by atoms with Crippen LogP contribution in [0.25, 0.3) is 0 Å². The molecule has 21 heavy (non-hydrogen) atoms. The highest BCUT2D eigenvalue weighted by molar-refractivity contribution is 9.10. The zero-order chi connectivity index (χ0) is 15.4. The first-order chi connectivity index (χ1) is 10.0. The van der Waals surface area contributed by atoms with Crippen molar-refractivity contribution in [1.82, 2.24) is 4.90 Å². The minimum Gasteiger partial charge on any atom is -0.493 e. The Balaban J connectivity index is 2.22. The maximum absolute atomic E-state index is 12.6. The number of nitrogens with two attached hydrogens (primary N) is 1. The molecule has 0 saturated heterocycles. The van der Waals surface area contributed by atoms with Crippen LogP contribution in [-0.4, -0.2) is 24.5 Å². The molecular weight excluding hydrogens is 352 g/mol. The summed E-state index contributed by atoms with van der Waals surface area (Å²) < 4.78 is 6.54. The highest BCUT2D eigenvalue weighted by Crippen LogP contribution is 2.27. The molecule has 4 nitrogen and oxygen atoms in total. The molecule has 0 bridgehead atoms. The molecular formula is C15H17BrN2O2S. The number of rotatable bonds is 5. The molecule has 0 aliphatic carbocycles. The SMILES string of the molecule is CCOc1cccc(N)c1C(=O)N(C)Cc1cc(Br)cs1. The van der Waals surface area contributed by atoms with E-state index in [-0.39, 0.29) is 5.91 Å². The lowest BCUT2D eigenvalue weighted by atomic mass is 10.1. The molecule has 1 aromatic heterocycles. The van der Waals surface area contributed by atoms with Crippen LogP contribution in [0.1, 0.15) is 22.2 Å². The second-order valence-electron chi connectivity index (χ2n) is 4.55. The molecule has 1 aromatic carbocycles. The standard InChI is InChI=1S/C15H17BrN2O2S/c1-3-20-13-6-4-5-12(17)14(13)15(19)18(2)8-11-7-10(16)9-21-11/h4-7,9H,3,8,17H2,1-2H3. The Morgan fingerprint density at radius 2 is 2.24 bits per heavy atom. The van der Waals surface area contributed by atoms with Crippen LogP contribution < -0.4 is 10.5 Å². The Morgan fingerprint density at radius 3 is 2.86 bits per heavy atom. The first-order valence-corrected chi connectivity index (χ1v) is 8.19. The van der Waals surface area contributed by atoms with Gasteiger partial charge < -0.3 is 15.4 Å². The summed E-state index contributed by atoms with van der Waals surface area (Å²) >= 11 is 5.02. The Bertz CT molecular complexity index is 642. The maximum atomic E-state index is 12.6. The summed E-state index contributed by atoms with van der Waals surface area (Å²) in [7, 11) is 1.76. The van der Waals surface area contributed by atoms with Gasteiger partial charge in [0.1, 0.15) is 11.3 Å². The molecule has 0 aliphatic rings. The molecule has 0 unspecified atom stereocenters. The van der Waals surface area contributed by atoms with Crippen LogP contribution in [0, 0.1) is 0 Å². The number of thiophene rings is 1. The fourth-order valence-electron chi connectivity index (χ4n) is 1.99. The first kappa shape index (κ1) is 15.9. The van der Waals surface area contributed by atoms with Gasteiger partial charge in [-0.1, -0.05) is 6.07 Å². The van der Waals surface area contributed by atoms with Gasteiger partial charge in [-0.15, -0.1) is 11.3 Å². The molecule has 2 N–H and O–H groups in total. The van der Waals surface area contributed by atoms with Crippen molar-refractivity contribution in [3.05, 3.63) is 44.6 Å². The van der Waals surface area contributed by atoms with Gasteiger partial charge in [0.05, 0.1) is 13.2 Å². The Labute approximate surface area is 136 Å². The van der Waals surface area contributed by atoms with E-state index in [0.717, 1.165) is 9.35 Å². The summed E-state index contributed by atoms with van der Waals surface area (Å²) in [5.41, 5.74) is 6.82. The quantitative estimate of drug-likeness (QED) is 0.817. The molecule has 6 heteroatoms. The monoisotopic (exact) mass is 368 g/mol. The van der Waals surface area contributed by atoms with E-state index in [0.29, 0.717) is 30.2 Å². The van der Waals surface area contributed by atoms with Crippen LogP contribution in [0.5, 0.6) is 5.75 Å². The molecule has 0 atom stereocenters. The number of anilines is 1. The topological polar surface area (TPSA) is 55.6 Å². The lowest BCUT2D eigenvalue weighted by molar-refractivity contribution is 0.0783. The van der Waals surface area contributed by atoms with E-state index >= 15 is 0 Å². The van der Waals surface area contributed by atoms with Crippen molar-refractivity contribution in [1.29, 1.82) is 0 Å². The average Bonchev–Trinajstić information content (AvgIpc) is 2.84. The highest BCUT2D eigenvalue weighted by atomic mass is 79.9. The largest absolute Gasteiger partial charge is 0.493 e. The van der Waals surface area contributed by atoms with Gasteiger partial charge in [0.2, 0.25) is 0 Å². The second kappa shape index (κ2) is 6.95. The number of ether oxygens (including phenoxy) is 1. The normalized spacial score (nSPS) is 10.4. The minimum atomic E-state index is -0.138. The van der Waals surface area contributed by atoms with Crippen LogP contribution in [0.15, 0.2) is 34.1 Å². The Kier molecular flexibility index (Phi) is 5.25. The molecule has 0 spiro atoms. The maximum Gasteiger partial charge on any atom is 0.259 e. The molecule has 0 aliphatic heterocycles. The average molecular weight is 369 g/mol. The van der Waals surface area contributed by atoms with Crippen molar-refractivity contribution in [3.63, 3.8) is 0 Å². The predicted molar refractivity (Wildman–Crippen MR) is 89.8 cm³/mol. The van der Waals surface area contributed by atoms with Crippen molar-refractivity contribution in [2.75, 3.05) is 19.4 Å². The Morgan fingerprint density at radius 1 is 1.48 bits per heavy atom. The summed E-state index contributed by atoms with van der Waals surface area (Å²) in [6.45, 7) is 2.91. The molecule has 1 amide bonds. The van der Waals surface area contributed by atoms with Gasteiger partial charge in [0.15, 0.2) is 0 Å². The van der Waals surface area contributed by atoms with Crippen molar-refractivity contribution in [2.24, 2.45) is 0 Å². The Hall–Kier alpha value is -1.53. The zero-order valence-corrected chi connectivity index (χ0v) is 14.3. The molecule has 2 rings (SSSR count). The lowest BCUT2D eigenvalue weighted by Gasteiger charge is -2.19. The van der Waals surface area contributed by atoms with E-state index in [2.05, 4.69) is 15.9 Å². The summed E-state index contributed by atoms with van der Waals surface area (Å²) in [6, 6.07) is 7.27. The third-order valence-corrected chi connectivity index (χ3v) is 4.62. The van der Waals surface area contributed by atoms with Gasteiger partial charge in [-0.3, -0.25) is 4.79 Å². The summed E-state index contributed by atoms with van der Waals surface area (Å²) in [4.78, 5) is 15.4. The summed E-state index contributed by atoms with van der Waals surface area (Å²) in [5.74, 6) is 0.391. The number of nitrogens with zero attached hydrogens (tertiary/aromatic N) is 1. The smallest absolute Gasteiger partial charge is 0.259 e. The minimum absolute atomic E-state index is 0.138.